The summed E-state index contributed by atoms with van der Waals surface area (Å²) in [7, 11) is 0. The van der Waals surface area contributed by atoms with Gasteiger partial charge in [0.1, 0.15) is 5.75 Å². The molecule has 0 unspecified atom stereocenters. The van der Waals surface area contributed by atoms with Crippen LogP contribution in [0.2, 0.25) is 0 Å². The standard InChI is InChI=1S/C24H20F6N2OS/c1-13-5-3-7-15(20(13)21-14(2)6-4-8-19(21)33)12-31-22(34)32-18-10-16(23(25,26)27)9-17(11-18)24(28,29)30/h3-11,33H,12H2,1-2H3,(H2,31,32,34). The van der Waals surface area contributed by atoms with Crippen molar-refractivity contribution >= 4 is 23.0 Å². The van der Waals surface area contributed by atoms with E-state index < -0.39 is 29.2 Å². The van der Waals surface area contributed by atoms with Crippen LogP contribution in [-0.4, -0.2) is 10.2 Å². The molecule has 34 heavy (non-hydrogen) atoms. The van der Waals surface area contributed by atoms with Gasteiger partial charge in [0.2, 0.25) is 0 Å². The zero-order chi connectivity index (χ0) is 25.3. The average Bonchev–Trinajstić information content (AvgIpc) is 2.72. The van der Waals surface area contributed by atoms with Crippen molar-refractivity contribution < 1.29 is 31.4 Å². The van der Waals surface area contributed by atoms with Crippen LogP contribution in [0, 0.1) is 13.8 Å². The van der Waals surface area contributed by atoms with E-state index in [1.165, 1.54) is 0 Å². The van der Waals surface area contributed by atoms with Gasteiger partial charge in [0.25, 0.3) is 0 Å². The lowest BCUT2D eigenvalue weighted by Crippen LogP contribution is -2.28. The number of nitrogens with one attached hydrogen (secondary N) is 2. The number of rotatable bonds is 4. The van der Waals surface area contributed by atoms with Crippen LogP contribution in [-0.2, 0) is 18.9 Å². The average molecular weight is 498 g/mol. The molecule has 0 aliphatic heterocycles. The molecule has 10 heteroatoms. The first-order valence-corrected chi connectivity index (χ1v) is 10.4. The molecule has 0 aliphatic carbocycles. The van der Waals surface area contributed by atoms with Crippen LogP contribution in [0.15, 0.2) is 54.6 Å². The molecule has 0 heterocycles. The monoisotopic (exact) mass is 498 g/mol. The molecule has 3 aromatic rings. The predicted molar refractivity (Wildman–Crippen MR) is 123 cm³/mol. The van der Waals surface area contributed by atoms with Gasteiger partial charge in [-0.15, -0.1) is 0 Å². The van der Waals surface area contributed by atoms with Crippen molar-refractivity contribution in [3.63, 3.8) is 0 Å². The summed E-state index contributed by atoms with van der Waals surface area (Å²) in [6.45, 7) is 3.82. The molecular weight excluding hydrogens is 478 g/mol. The van der Waals surface area contributed by atoms with Gasteiger partial charge in [-0.3, -0.25) is 0 Å². The highest BCUT2D eigenvalue weighted by molar-refractivity contribution is 7.80. The quantitative estimate of drug-likeness (QED) is 0.263. The summed E-state index contributed by atoms with van der Waals surface area (Å²) < 4.78 is 78.5. The van der Waals surface area contributed by atoms with Gasteiger partial charge in [-0.05, 0) is 72.6 Å². The number of anilines is 1. The van der Waals surface area contributed by atoms with Gasteiger partial charge in [-0.25, -0.2) is 0 Å². The zero-order valence-corrected chi connectivity index (χ0v) is 18.8. The van der Waals surface area contributed by atoms with E-state index in [4.69, 9.17) is 12.2 Å². The molecule has 3 N–H and O–H groups in total. The molecule has 3 rings (SSSR count). The summed E-state index contributed by atoms with van der Waals surface area (Å²) in [5, 5.41) is 15.5. The second-order valence-electron chi connectivity index (χ2n) is 7.68. The van der Waals surface area contributed by atoms with E-state index in [2.05, 4.69) is 10.6 Å². The molecule has 0 aromatic heterocycles. The maximum absolute atomic E-state index is 13.1. The van der Waals surface area contributed by atoms with Gasteiger partial charge in [-0.1, -0.05) is 30.3 Å². The largest absolute Gasteiger partial charge is 0.507 e. The van der Waals surface area contributed by atoms with Crippen molar-refractivity contribution in [3.8, 4) is 16.9 Å². The molecule has 180 valence electrons. The van der Waals surface area contributed by atoms with E-state index in [-0.39, 0.29) is 23.5 Å². The first-order valence-electron chi connectivity index (χ1n) is 9.99. The van der Waals surface area contributed by atoms with Gasteiger partial charge in [0.15, 0.2) is 5.11 Å². The minimum Gasteiger partial charge on any atom is -0.507 e. The Morgan fingerprint density at radius 2 is 1.35 bits per heavy atom. The van der Waals surface area contributed by atoms with Crippen molar-refractivity contribution in [1.82, 2.24) is 5.32 Å². The van der Waals surface area contributed by atoms with Gasteiger partial charge in [0, 0.05) is 17.8 Å². The lowest BCUT2D eigenvalue weighted by molar-refractivity contribution is -0.143. The van der Waals surface area contributed by atoms with Crippen molar-refractivity contribution in [2.75, 3.05) is 5.32 Å². The second-order valence-corrected chi connectivity index (χ2v) is 8.09. The Labute approximate surface area is 197 Å². The Morgan fingerprint density at radius 3 is 1.88 bits per heavy atom. The van der Waals surface area contributed by atoms with Crippen LogP contribution < -0.4 is 10.6 Å². The van der Waals surface area contributed by atoms with E-state index in [1.807, 2.05) is 26.0 Å². The third kappa shape index (κ3) is 5.80. The molecule has 3 aromatic carbocycles. The predicted octanol–water partition coefficient (Wildman–Crippen LogP) is 7.20. The highest BCUT2D eigenvalue weighted by Crippen LogP contribution is 2.38. The summed E-state index contributed by atoms with van der Waals surface area (Å²) in [4.78, 5) is 0. The SMILES string of the molecule is Cc1cccc(O)c1-c1c(C)cccc1CNC(=S)Nc1cc(C(F)(F)F)cc(C(F)(F)F)c1. The van der Waals surface area contributed by atoms with Crippen molar-refractivity contribution in [2.24, 2.45) is 0 Å². The molecule has 0 fully saturated rings. The number of aromatic hydroxyl groups is 1. The fraction of sp³-hybridized carbons (Fsp3) is 0.208. The van der Waals surface area contributed by atoms with Crippen LogP contribution in [0.3, 0.4) is 0 Å². The smallest absolute Gasteiger partial charge is 0.416 e. The summed E-state index contributed by atoms with van der Waals surface area (Å²) in [6.07, 6.45) is -9.92. The molecular formula is C24H20F6N2OS. The normalized spacial score (nSPS) is 11.9. The number of aryl methyl sites for hydroxylation is 2. The first-order chi connectivity index (χ1) is 15.8. The van der Waals surface area contributed by atoms with Crippen molar-refractivity contribution in [1.29, 1.82) is 0 Å². The molecule has 0 saturated heterocycles. The van der Waals surface area contributed by atoms with Crippen LogP contribution >= 0.6 is 12.2 Å². The van der Waals surface area contributed by atoms with Gasteiger partial charge >= 0.3 is 12.4 Å². The molecule has 0 saturated carbocycles. The van der Waals surface area contributed by atoms with E-state index in [0.717, 1.165) is 22.3 Å². The Balaban J connectivity index is 1.85. The Morgan fingerprint density at radius 1 is 0.824 bits per heavy atom. The molecule has 0 amide bonds. The van der Waals surface area contributed by atoms with E-state index in [9.17, 15) is 31.4 Å². The number of thiocarbonyl (C=S) groups is 1. The molecule has 3 nitrogen and oxygen atoms in total. The van der Waals surface area contributed by atoms with E-state index >= 15 is 0 Å². The number of halogens is 6. The van der Waals surface area contributed by atoms with Crippen molar-refractivity contribution in [3.05, 3.63) is 82.4 Å². The first kappa shape index (κ1) is 25.4. The highest BCUT2D eigenvalue weighted by Gasteiger charge is 2.37. The molecule has 0 radical (unpaired) electrons. The third-order valence-electron chi connectivity index (χ3n) is 5.14. The van der Waals surface area contributed by atoms with Crippen molar-refractivity contribution in [2.45, 2.75) is 32.7 Å². The van der Waals surface area contributed by atoms with Gasteiger partial charge in [0.05, 0.1) is 11.1 Å². The van der Waals surface area contributed by atoms with Crippen LogP contribution in [0.1, 0.15) is 27.8 Å². The molecule has 0 bridgehead atoms. The topological polar surface area (TPSA) is 44.3 Å². The summed E-state index contributed by atoms with van der Waals surface area (Å²) in [5.41, 5.74) is 0.493. The minimum absolute atomic E-state index is 0.0509. The summed E-state index contributed by atoms with van der Waals surface area (Å²) >= 11 is 5.12. The molecule has 0 aliphatic rings. The van der Waals surface area contributed by atoms with E-state index in [1.54, 1.807) is 24.3 Å². The number of phenols is 1. The zero-order valence-electron chi connectivity index (χ0n) is 18.0. The maximum Gasteiger partial charge on any atom is 0.416 e. The minimum atomic E-state index is -4.96. The van der Waals surface area contributed by atoms with Crippen LogP contribution in [0.25, 0.3) is 11.1 Å². The Kier molecular flexibility index (Phi) is 7.11. The fourth-order valence-corrected chi connectivity index (χ4v) is 3.78. The van der Waals surface area contributed by atoms with Crippen LogP contribution in [0.5, 0.6) is 5.75 Å². The third-order valence-corrected chi connectivity index (χ3v) is 5.39. The summed E-state index contributed by atoms with van der Waals surface area (Å²) in [6, 6.07) is 11.7. The highest BCUT2D eigenvalue weighted by atomic mass is 32.1. The lowest BCUT2D eigenvalue weighted by atomic mass is 9.91. The number of hydrogen-bond donors (Lipinski definition) is 3. The maximum atomic E-state index is 13.1. The second kappa shape index (κ2) is 9.54. The molecule has 0 spiro atoms. The molecule has 0 atom stereocenters. The number of benzene rings is 3. The van der Waals surface area contributed by atoms with Gasteiger partial charge in [-0.2, -0.15) is 26.3 Å². The summed E-state index contributed by atoms with van der Waals surface area (Å²) in [5.74, 6) is 0.0832. The number of phenolic OH excluding ortho intramolecular Hbond substituents is 1. The number of hydrogen-bond acceptors (Lipinski definition) is 2. The lowest BCUT2D eigenvalue weighted by Gasteiger charge is -2.19. The van der Waals surface area contributed by atoms with E-state index in [0.29, 0.717) is 17.7 Å². The number of alkyl halides is 6. The van der Waals surface area contributed by atoms with Gasteiger partial charge < -0.3 is 15.7 Å². The Hall–Kier alpha value is -3.27. The Bertz CT molecular complexity index is 1170. The fourth-order valence-electron chi connectivity index (χ4n) is 3.59. The van der Waals surface area contributed by atoms with Crippen LogP contribution in [0.4, 0.5) is 32.0 Å².